The third kappa shape index (κ3) is 2.57. The molecule has 0 unspecified atom stereocenters. The Labute approximate surface area is 125 Å². The van der Waals surface area contributed by atoms with Crippen LogP contribution < -0.4 is 0 Å². The largest absolute Gasteiger partial charge is 0.361 e. The first kappa shape index (κ1) is 13.5. The lowest BCUT2D eigenvalue weighted by Gasteiger charge is -1.96. The first-order chi connectivity index (χ1) is 10.2. The highest BCUT2D eigenvalue weighted by Crippen LogP contribution is 2.18. The van der Waals surface area contributed by atoms with Crippen LogP contribution in [0.1, 0.15) is 11.1 Å². The van der Waals surface area contributed by atoms with Crippen LogP contribution in [0.2, 0.25) is 0 Å². The van der Waals surface area contributed by atoms with Crippen molar-refractivity contribution in [2.45, 2.75) is 13.8 Å². The number of aromatic amines is 1. The summed E-state index contributed by atoms with van der Waals surface area (Å²) in [5.74, 6) is 0. The van der Waals surface area contributed by atoms with Crippen LogP contribution in [0.15, 0.2) is 60.9 Å². The summed E-state index contributed by atoms with van der Waals surface area (Å²) in [4.78, 5) is 3.16. The van der Waals surface area contributed by atoms with Gasteiger partial charge in [0.15, 0.2) is 0 Å². The summed E-state index contributed by atoms with van der Waals surface area (Å²) in [6, 6.07) is 16.9. The highest BCUT2D eigenvalue weighted by molar-refractivity contribution is 5.83. The summed E-state index contributed by atoms with van der Waals surface area (Å²) < 4.78 is 2.14. The maximum atomic E-state index is 3.16. The van der Waals surface area contributed by atoms with E-state index in [2.05, 4.69) is 85.2 Å². The van der Waals surface area contributed by atoms with Crippen molar-refractivity contribution >= 4 is 21.8 Å². The van der Waals surface area contributed by atoms with Crippen LogP contribution in [0.4, 0.5) is 0 Å². The Morgan fingerprint density at radius 1 is 0.810 bits per heavy atom. The molecule has 0 amide bonds. The van der Waals surface area contributed by atoms with Gasteiger partial charge in [-0.2, -0.15) is 0 Å². The van der Waals surface area contributed by atoms with Crippen molar-refractivity contribution in [3.63, 3.8) is 0 Å². The zero-order chi connectivity index (χ0) is 14.8. The smallest absolute Gasteiger partial charge is 0.0480 e. The Balaban J connectivity index is 0.000000126. The van der Waals surface area contributed by atoms with Crippen LogP contribution in [-0.4, -0.2) is 9.55 Å². The van der Waals surface area contributed by atoms with Crippen molar-refractivity contribution in [3.05, 3.63) is 72.1 Å². The molecule has 0 aliphatic rings. The Hall–Kier alpha value is -2.48. The van der Waals surface area contributed by atoms with E-state index in [0.29, 0.717) is 0 Å². The van der Waals surface area contributed by atoms with Crippen molar-refractivity contribution in [2.24, 2.45) is 7.05 Å². The van der Waals surface area contributed by atoms with Crippen LogP contribution >= 0.6 is 0 Å². The van der Waals surface area contributed by atoms with E-state index in [1.54, 1.807) is 0 Å². The molecule has 2 heterocycles. The molecule has 0 aliphatic heterocycles. The fraction of sp³-hybridized carbons (Fsp3) is 0.158. The third-order valence-corrected chi connectivity index (χ3v) is 3.96. The van der Waals surface area contributed by atoms with Crippen LogP contribution in [0.5, 0.6) is 0 Å². The first-order valence-electron chi connectivity index (χ1n) is 7.20. The molecular formula is C19H20N2. The standard InChI is InChI=1S/C10H11N.C9H9N/c1-8-4-3-5-10-9(8)6-7-11(10)2;1-7-3-2-4-9-8(7)5-6-10-9/h3-7H,1-2H3;2-6,10H,1H3. The second kappa shape index (κ2) is 5.49. The Morgan fingerprint density at radius 2 is 1.52 bits per heavy atom. The summed E-state index contributed by atoms with van der Waals surface area (Å²) in [7, 11) is 2.07. The molecule has 0 saturated heterocycles. The predicted molar refractivity (Wildman–Crippen MR) is 90.7 cm³/mol. The minimum atomic E-state index is 1.22. The molecule has 21 heavy (non-hydrogen) atoms. The summed E-state index contributed by atoms with van der Waals surface area (Å²) in [6.07, 6.45) is 4.06. The number of hydrogen-bond acceptors (Lipinski definition) is 0. The van der Waals surface area contributed by atoms with Gasteiger partial charge in [0.05, 0.1) is 0 Å². The van der Waals surface area contributed by atoms with Gasteiger partial charge >= 0.3 is 0 Å². The molecule has 0 bridgehead atoms. The van der Waals surface area contributed by atoms with Crippen molar-refractivity contribution in [2.75, 3.05) is 0 Å². The number of nitrogens with zero attached hydrogens (tertiary/aromatic N) is 1. The minimum absolute atomic E-state index is 1.22. The molecule has 0 aliphatic carbocycles. The normalized spacial score (nSPS) is 10.6. The minimum Gasteiger partial charge on any atom is -0.361 e. The number of H-pyrrole nitrogens is 1. The molecule has 1 N–H and O–H groups in total. The molecule has 106 valence electrons. The number of nitrogens with one attached hydrogen (secondary N) is 1. The topological polar surface area (TPSA) is 20.7 Å². The summed E-state index contributed by atoms with van der Waals surface area (Å²) in [5, 5.41) is 2.68. The molecule has 4 rings (SSSR count). The van der Waals surface area contributed by atoms with E-state index in [0.717, 1.165) is 0 Å². The monoisotopic (exact) mass is 276 g/mol. The molecule has 0 fully saturated rings. The predicted octanol–water partition coefficient (Wildman–Crippen LogP) is 4.96. The molecule has 2 aromatic heterocycles. The van der Waals surface area contributed by atoms with Crippen LogP contribution in [-0.2, 0) is 7.05 Å². The molecule has 0 spiro atoms. The SMILES string of the molecule is Cc1cccc2[nH]ccc12.Cc1cccc2c1ccn2C. The van der Waals surface area contributed by atoms with E-state index < -0.39 is 0 Å². The molecular weight excluding hydrogens is 256 g/mol. The van der Waals surface area contributed by atoms with Crippen LogP contribution in [0, 0.1) is 13.8 Å². The van der Waals surface area contributed by atoms with Gasteiger partial charge in [0.25, 0.3) is 0 Å². The number of aryl methyl sites for hydroxylation is 3. The van der Waals surface area contributed by atoms with Crippen molar-refractivity contribution in [1.29, 1.82) is 0 Å². The molecule has 2 heteroatoms. The lowest BCUT2D eigenvalue weighted by Crippen LogP contribution is -1.83. The molecule has 0 radical (unpaired) electrons. The van der Waals surface area contributed by atoms with Gasteiger partial charge in [-0.3, -0.25) is 0 Å². The van der Waals surface area contributed by atoms with E-state index in [1.807, 2.05) is 6.20 Å². The number of aromatic nitrogens is 2. The molecule has 0 atom stereocenters. The average Bonchev–Trinajstić information content (AvgIpc) is 3.09. The van der Waals surface area contributed by atoms with E-state index in [4.69, 9.17) is 0 Å². The van der Waals surface area contributed by atoms with Crippen molar-refractivity contribution in [1.82, 2.24) is 9.55 Å². The second-order valence-corrected chi connectivity index (χ2v) is 5.45. The van der Waals surface area contributed by atoms with Gasteiger partial charge in [-0.15, -0.1) is 0 Å². The summed E-state index contributed by atoms with van der Waals surface area (Å²) >= 11 is 0. The fourth-order valence-corrected chi connectivity index (χ4v) is 2.70. The van der Waals surface area contributed by atoms with E-state index in [9.17, 15) is 0 Å². The highest BCUT2D eigenvalue weighted by Gasteiger charge is 1.97. The van der Waals surface area contributed by atoms with E-state index in [1.165, 1.54) is 32.9 Å². The number of rotatable bonds is 0. The Morgan fingerprint density at radius 3 is 2.24 bits per heavy atom. The lowest BCUT2D eigenvalue weighted by molar-refractivity contribution is 0.969. The van der Waals surface area contributed by atoms with E-state index in [-0.39, 0.29) is 0 Å². The van der Waals surface area contributed by atoms with Crippen LogP contribution in [0.25, 0.3) is 21.8 Å². The molecule has 0 saturated carbocycles. The fourth-order valence-electron chi connectivity index (χ4n) is 2.70. The van der Waals surface area contributed by atoms with Gasteiger partial charge in [0, 0.05) is 41.2 Å². The maximum Gasteiger partial charge on any atom is 0.0480 e. The lowest BCUT2D eigenvalue weighted by atomic mass is 10.1. The van der Waals surface area contributed by atoms with Gasteiger partial charge in [-0.1, -0.05) is 24.3 Å². The number of fused-ring (bicyclic) bond motifs is 2. The number of hydrogen-bond donors (Lipinski definition) is 1. The number of benzene rings is 2. The van der Waals surface area contributed by atoms with Crippen molar-refractivity contribution in [3.8, 4) is 0 Å². The van der Waals surface area contributed by atoms with Gasteiger partial charge in [0.1, 0.15) is 0 Å². The van der Waals surface area contributed by atoms with Crippen LogP contribution in [0.3, 0.4) is 0 Å². The molecule has 4 aromatic rings. The zero-order valence-electron chi connectivity index (χ0n) is 12.7. The third-order valence-electron chi connectivity index (χ3n) is 3.96. The average molecular weight is 276 g/mol. The van der Waals surface area contributed by atoms with E-state index >= 15 is 0 Å². The van der Waals surface area contributed by atoms with Gasteiger partial charge < -0.3 is 9.55 Å². The second-order valence-electron chi connectivity index (χ2n) is 5.45. The summed E-state index contributed by atoms with van der Waals surface area (Å²) in [5.41, 5.74) is 5.21. The highest BCUT2D eigenvalue weighted by atomic mass is 14.9. The van der Waals surface area contributed by atoms with Crippen molar-refractivity contribution < 1.29 is 0 Å². The maximum absolute atomic E-state index is 3.16. The van der Waals surface area contributed by atoms with Gasteiger partial charge in [-0.25, -0.2) is 0 Å². The van der Waals surface area contributed by atoms with Gasteiger partial charge in [0.2, 0.25) is 0 Å². The van der Waals surface area contributed by atoms with Gasteiger partial charge in [-0.05, 0) is 49.2 Å². The Kier molecular flexibility index (Phi) is 3.53. The zero-order valence-corrected chi connectivity index (χ0v) is 12.7. The first-order valence-corrected chi connectivity index (χ1v) is 7.20. The summed E-state index contributed by atoms with van der Waals surface area (Å²) in [6.45, 7) is 4.26. The molecule has 2 aromatic carbocycles. The molecule has 2 nitrogen and oxygen atoms in total. The quantitative estimate of drug-likeness (QED) is 0.468. The Bertz CT molecular complexity index is 881.